The number of halogens is 6. The molecule has 0 saturated carbocycles. The van der Waals surface area contributed by atoms with E-state index in [0.717, 1.165) is 14.2 Å². The Hall–Kier alpha value is -4.10. The summed E-state index contributed by atoms with van der Waals surface area (Å²) in [6, 6.07) is 1.28. The van der Waals surface area contributed by atoms with Crippen LogP contribution in [0.4, 0.5) is 26.3 Å². The number of methoxy groups -OCH3 is 2. The average molecular weight is 508 g/mol. The van der Waals surface area contributed by atoms with Gasteiger partial charge in [-0.1, -0.05) is 12.1 Å². The summed E-state index contributed by atoms with van der Waals surface area (Å²) in [5, 5.41) is 18.4. The van der Waals surface area contributed by atoms with Gasteiger partial charge in [-0.25, -0.2) is 19.2 Å². The van der Waals surface area contributed by atoms with Gasteiger partial charge >= 0.3 is 36.2 Å². The van der Waals surface area contributed by atoms with Crippen LogP contribution in [0, 0.1) is 0 Å². The van der Waals surface area contributed by atoms with E-state index in [9.17, 15) is 55.7 Å². The van der Waals surface area contributed by atoms with Gasteiger partial charge in [0.05, 0.1) is 36.5 Å². The van der Waals surface area contributed by atoms with Crippen LogP contribution in [-0.2, 0) is 14.9 Å². The molecular formula is C21H14F6O8. The molecule has 0 fully saturated rings. The van der Waals surface area contributed by atoms with Gasteiger partial charge in [0.1, 0.15) is 0 Å². The highest BCUT2D eigenvalue weighted by Crippen LogP contribution is 2.56. The number of hydrogen-bond acceptors (Lipinski definition) is 6. The first-order valence-corrected chi connectivity index (χ1v) is 9.10. The van der Waals surface area contributed by atoms with Crippen molar-refractivity contribution in [3.05, 3.63) is 69.8 Å². The van der Waals surface area contributed by atoms with E-state index in [-0.39, 0.29) is 24.3 Å². The number of hydrogen-bond donors (Lipinski definition) is 2. The molecule has 2 rings (SSSR count). The van der Waals surface area contributed by atoms with Crippen molar-refractivity contribution < 1.29 is 65.2 Å². The molecule has 0 heterocycles. The Morgan fingerprint density at radius 3 is 1.17 bits per heavy atom. The number of esters is 2. The van der Waals surface area contributed by atoms with Crippen LogP contribution in [0.25, 0.3) is 0 Å². The topological polar surface area (TPSA) is 127 Å². The number of carboxylic acid groups (broad SMARTS) is 2. The minimum absolute atomic E-state index is 0.0686. The Bertz CT molecular complexity index is 1110. The van der Waals surface area contributed by atoms with E-state index >= 15 is 0 Å². The lowest BCUT2D eigenvalue weighted by Gasteiger charge is -2.38. The molecule has 0 aromatic heterocycles. The molecule has 0 atom stereocenters. The summed E-state index contributed by atoms with van der Waals surface area (Å²) in [5.41, 5.74) is -12.3. The third-order valence-electron chi connectivity index (χ3n) is 5.03. The summed E-state index contributed by atoms with van der Waals surface area (Å²) >= 11 is 0. The number of carbonyl (C=O) groups excluding carboxylic acids is 2. The Kier molecular flexibility index (Phi) is 7.19. The second-order valence-electron chi connectivity index (χ2n) is 6.86. The molecule has 2 aromatic carbocycles. The molecule has 2 N–H and O–H groups in total. The fraction of sp³-hybridized carbons (Fsp3) is 0.238. The minimum Gasteiger partial charge on any atom is -0.478 e. The fourth-order valence-electron chi connectivity index (χ4n) is 3.47. The first kappa shape index (κ1) is 27.1. The van der Waals surface area contributed by atoms with Gasteiger partial charge in [0.15, 0.2) is 0 Å². The average Bonchev–Trinajstić information content (AvgIpc) is 2.75. The molecule has 188 valence electrons. The van der Waals surface area contributed by atoms with Crippen molar-refractivity contribution in [1.29, 1.82) is 0 Å². The molecule has 0 saturated heterocycles. The van der Waals surface area contributed by atoms with Gasteiger partial charge in [0.2, 0.25) is 5.41 Å². The highest BCUT2D eigenvalue weighted by Gasteiger charge is 2.72. The van der Waals surface area contributed by atoms with E-state index in [1.54, 1.807) is 0 Å². The van der Waals surface area contributed by atoms with Crippen LogP contribution in [0.2, 0.25) is 0 Å². The van der Waals surface area contributed by atoms with Gasteiger partial charge in [-0.3, -0.25) is 0 Å². The summed E-state index contributed by atoms with van der Waals surface area (Å²) in [6.07, 6.45) is -12.4. The van der Waals surface area contributed by atoms with Crippen molar-refractivity contribution in [3.8, 4) is 0 Å². The lowest BCUT2D eigenvalue weighted by molar-refractivity contribution is -0.288. The van der Waals surface area contributed by atoms with Crippen molar-refractivity contribution in [2.24, 2.45) is 0 Å². The molecule has 0 spiro atoms. The van der Waals surface area contributed by atoms with Crippen molar-refractivity contribution in [2.45, 2.75) is 17.8 Å². The molecule has 2 aromatic rings. The number of ether oxygens (including phenoxy) is 2. The normalized spacial score (nSPS) is 12.1. The first-order chi connectivity index (χ1) is 16.0. The van der Waals surface area contributed by atoms with Crippen LogP contribution < -0.4 is 0 Å². The minimum atomic E-state index is -6.19. The second kappa shape index (κ2) is 9.27. The van der Waals surface area contributed by atoms with Gasteiger partial charge in [0.25, 0.3) is 0 Å². The maximum Gasteiger partial charge on any atom is 0.411 e. The van der Waals surface area contributed by atoms with Crippen LogP contribution in [-0.4, -0.2) is 60.7 Å². The van der Waals surface area contributed by atoms with E-state index in [4.69, 9.17) is 0 Å². The fourth-order valence-corrected chi connectivity index (χ4v) is 3.47. The highest BCUT2D eigenvalue weighted by atomic mass is 19.4. The van der Waals surface area contributed by atoms with Crippen LogP contribution in [0.3, 0.4) is 0 Å². The van der Waals surface area contributed by atoms with E-state index in [1.165, 1.54) is 0 Å². The van der Waals surface area contributed by atoms with Gasteiger partial charge in [-0.15, -0.1) is 0 Å². The van der Waals surface area contributed by atoms with Crippen molar-refractivity contribution >= 4 is 23.9 Å². The summed E-state index contributed by atoms with van der Waals surface area (Å²) in [6.45, 7) is 0. The molecule has 0 aliphatic rings. The molecule has 0 aliphatic heterocycles. The molecule has 0 aliphatic carbocycles. The van der Waals surface area contributed by atoms with Gasteiger partial charge in [-0.2, -0.15) is 26.3 Å². The number of rotatable bonds is 6. The van der Waals surface area contributed by atoms with E-state index in [0.29, 0.717) is 12.1 Å². The van der Waals surface area contributed by atoms with Crippen molar-refractivity contribution in [3.63, 3.8) is 0 Å². The summed E-state index contributed by atoms with van der Waals surface area (Å²) < 4.78 is 95.0. The second-order valence-corrected chi connectivity index (χ2v) is 6.86. The number of alkyl halides is 6. The van der Waals surface area contributed by atoms with Crippen LogP contribution in [0.15, 0.2) is 36.4 Å². The van der Waals surface area contributed by atoms with Crippen LogP contribution >= 0.6 is 0 Å². The first-order valence-electron chi connectivity index (χ1n) is 9.10. The van der Waals surface area contributed by atoms with Crippen LogP contribution in [0.5, 0.6) is 0 Å². The highest BCUT2D eigenvalue weighted by molar-refractivity contribution is 6.03. The molecule has 0 radical (unpaired) electrons. The standard InChI is InChI=1S/C21H14F6O8/c1-34-17(32)13-7-9(3-5-11(13)15(28)29)19(20(22,23)24,21(25,26)27)10-4-6-12(16(30)31)14(8-10)18(33)35-2/h3-8H,1-2H3,(H,28,29)(H,30,31). The number of carbonyl (C=O) groups is 4. The maximum absolute atomic E-state index is 14.4. The smallest absolute Gasteiger partial charge is 0.411 e. The molecule has 0 bridgehead atoms. The predicted octanol–water partition coefficient (Wildman–Crippen LogP) is 4.07. The third-order valence-corrected chi connectivity index (χ3v) is 5.03. The molecule has 8 nitrogen and oxygen atoms in total. The molecule has 14 heteroatoms. The molecule has 35 heavy (non-hydrogen) atoms. The van der Waals surface area contributed by atoms with Crippen LogP contribution in [0.1, 0.15) is 52.6 Å². The Balaban J connectivity index is 3.11. The van der Waals surface area contributed by atoms with E-state index in [2.05, 4.69) is 9.47 Å². The molecular weight excluding hydrogens is 494 g/mol. The van der Waals surface area contributed by atoms with E-state index < -0.39 is 75.0 Å². The quantitative estimate of drug-likeness (QED) is 0.442. The molecule has 0 amide bonds. The number of carboxylic acids is 2. The summed E-state index contributed by atoms with van der Waals surface area (Å²) in [5.74, 6) is -6.72. The lowest BCUT2D eigenvalue weighted by atomic mass is 9.71. The predicted molar refractivity (Wildman–Crippen MR) is 102 cm³/mol. The van der Waals surface area contributed by atoms with Crippen molar-refractivity contribution in [1.82, 2.24) is 0 Å². The maximum atomic E-state index is 14.4. The largest absolute Gasteiger partial charge is 0.478 e. The zero-order chi connectivity index (χ0) is 26.9. The molecule has 0 unspecified atom stereocenters. The Labute approximate surface area is 191 Å². The zero-order valence-corrected chi connectivity index (χ0v) is 17.6. The SMILES string of the molecule is COC(=O)c1cc(C(c2ccc(C(=O)O)c(C(=O)OC)c2)(C(F)(F)F)C(F)(F)F)ccc1C(=O)O. The Morgan fingerprint density at radius 1 is 0.629 bits per heavy atom. The van der Waals surface area contributed by atoms with Gasteiger partial charge in [0, 0.05) is 0 Å². The Morgan fingerprint density at radius 2 is 0.943 bits per heavy atom. The summed E-state index contributed by atoms with van der Waals surface area (Å²) in [4.78, 5) is 46.7. The monoisotopic (exact) mass is 508 g/mol. The van der Waals surface area contributed by atoms with Gasteiger partial charge < -0.3 is 19.7 Å². The number of aromatic carboxylic acids is 2. The van der Waals surface area contributed by atoms with E-state index in [1.807, 2.05) is 0 Å². The summed E-state index contributed by atoms with van der Waals surface area (Å²) in [7, 11) is 1.46. The van der Waals surface area contributed by atoms with Crippen molar-refractivity contribution in [2.75, 3.05) is 14.2 Å². The zero-order valence-electron chi connectivity index (χ0n) is 17.6. The van der Waals surface area contributed by atoms with Gasteiger partial charge in [-0.05, 0) is 35.4 Å². The third kappa shape index (κ3) is 4.50. The lowest BCUT2D eigenvalue weighted by Crippen LogP contribution is -2.55. The number of benzene rings is 2.